The predicted octanol–water partition coefficient (Wildman–Crippen LogP) is 4.81. The van der Waals surface area contributed by atoms with Crippen LogP contribution in [0.15, 0.2) is 66.2 Å². The molecular formula is C34H49ClN4O5S. The summed E-state index contributed by atoms with van der Waals surface area (Å²) in [6, 6.07) is 13.9. The first-order valence-corrected chi connectivity index (χ1v) is 17.0. The topological polar surface area (TPSA) is 125 Å². The van der Waals surface area contributed by atoms with Crippen molar-refractivity contribution in [2.24, 2.45) is 11.3 Å². The molecule has 3 atom stereocenters. The van der Waals surface area contributed by atoms with E-state index in [0.29, 0.717) is 10.6 Å². The zero-order valence-corrected chi connectivity index (χ0v) is 29.6. The van der Waals surface area contributed by atoms with Gasteiger partial charge in [-0.1, -0.05) is 109 Å². The summed E-state index contributed by atoms with van der Waals surface area (Å²) in [7, 11) is -0.645. The van der Waals surface area contributed by atoms with Gasteiger partial charge in [0.15, 0.2) is 0 Å². The lowest BCUT2D eigenvalue weighted by molar-refractivity contribution is -0.140. The van der Waals surface area contributed by atoms with Crippen molar-refractivity contribution in [3.63, 3.8) is 0 Å². The van der Waals surface area contributed by atoms with Crippen molar-refractivity contribution in [2.75, 3.05) is 14.1 Å². The number of carbonyl (C=O) groups excluding carboxylic acids is 3. The maximum absolute atomic E-state index is 14.1. The summed E-state index contributed by atoms with van der Waals surface area (Å²) in [5, 5.41) is 6.62. The lowest BCUT2D eigenvalue weighted by atomic mass is 9.76. The highest BCUT2D eigenvalue weighted by Crippen LogP contribution is 2.29. The molecule has 2 aromatic rings. The van der Waals surface area contributed by atoms with Crippen molar-refractivity contribution in [1.29, 1.82) is 0 Å². The minimum atomic E-state index is -3.99. The van der Waals surface area contributed by atoms with E-state index in [-0.39, 0.29) is 23.3 Å². The normalized spacial score (nSPS) is 14.8. The van der Waals surface area contributed by atoms with Crippen molar-refractivity contribution in [3.8, 4) is 0 Å². The minimum absolute atomic E-state index is 0.134. The number of carbonyl (C=O) groups is 3. The SMILES string of the molecule is CN[C@H](C(=O)NC(C(=O)N(C)[C@H](/C=C(\C)C(=O)NS(=O)(=O)Cc1ccc(Cl)cc1)C(C)C)C(C)(C)C)C(C)(C)c1ccccc1. The van der Waals surface area contributed by atoms with Crippen LogP contribution in [0.5, 0.6) is 0 Å². The highest BCUT2D eigenvalue weighted by molar-refractivity contribution is 7.89. The minimum Gasteiger partial charge on any atom is -0.342 e. The second-order valence-corrected chi connectivity index (χ2v) is 15.6. The van der Waals surface area contributed by atoms with Gasteiger partial charge >= 0.3 is 0 Å². The van der Waals surface area contributed by atoms with E-state index in [9.17, 15) is 22.8 Å². The van der Waals surface area contributed by atoms with Crippen LogP contribution in [-0.4, -0.2) is 63.3 Å². The highest BCUT2D eigenvalue weighted by atomic mass is 35.5. The maximum Gasteiger partial charge on any atom is 0.260 e. The van der Waals surface area contributed by atoms with Crippen LogP contribution in [0.1, 0.15) is 66.5 Å². The Kier molecular flexibility index (Phi) is 13.0. The number of hydrogen-bond acceptors (Lipinski definition) is 6. The number of halogens is 1. The molecule has 0 fully saturated rings. The fourth-order valence-electron chi connectivity index (χ4n) is 5.22. The molecular weight excluding hydrogens is 612 g/mol. The third-order valence-electron chi connectivity index (χ3n) is 7.96. The molecule has 0 saturated carbocycles. The van der Waals surface area contributed by atoms with Crippen molar-refractivity contribution in [1.82, 2.24) is 20.3 Å². The van der Waals surface area contributed by atoms with E-state index < -0.39 is 50.6 Å². The van der Waals surface area contributed by atoms with Crippen LogP contribution in [0.25, 0.3) is 0 Å². The zero-order valence-electron chi connectivity index (χ0n) is 28.1. The fourth-order valence-corrected chi connectivity index (χ4v) is 6.49. The van der Waals surface area contributed by atoms with Crippen LogP contribution in [-0.2, 0) is 35.6 Å². The number of benzene rings is 2. The number of rotatable bonds is 13. The Morgan fingerprint density at radius 3 is 1.98 bits per heavy atom. The Balaban J connectivity index is 2.29. The third-order valence-corrected chi connectivity index (χ3v) is 9.43. The first kappa shape index (κ1) is 38.0. The highest BCUT2D eigenvalue weighted by Gasteiger charge is 2.41. The van der Waals surface area contributed by atoms with E-state index in [2.05, 4.69) is 15.4 Å². The van der Waals surface area contributed by atoms with Gasteiger partial charge in [0.1, 0.15) is 6.04 Å². The van der Waals surface area contributed by atoms with E-state index in [4.69, 9.17) is 11.6 Å². The van der Waals surface area contributed by atoms with Crippen LogP contribution in [0.4, 0.5) is 0 Å². The molecule has 0 aliphatic carbocycles. The molecule has 0 aliphatic rings. The van der Waals surface area contributed by atoms with Crippen LogP contribution in [0, 0.1) is 11.3 Å². The second-order valence-electron chi connectivity index (χ2n) is 13.5. The number of nitrogens with one attached hydrogen (secondary N) is 3. The molecule has 0 saturated heterocycles. The number of amides is 3. The molecule has 0 bridgehead atoms. The molecule has 2 aromatic carbocycles. The largest absolute Gasteiger partial charge is 0.342 e. The standard InChI is InChI=1S/C34H49ClN4O5S/c1-22(2)27(20-23(3)30(40)38-45(43,44)21-24-16-18-26(35)19-17-24)39(10)32(42)29(33(4,5)6)37-31(41)28(36-9)34(7,8)25-14-12-11-13-15-25/h11-20,22,27-29,36H,21H2,1-10H3,(H,37,41)(H,38,40)/b23-20+/t27-,28-,29?/m1/s1. The van der Waals surface area contributed by atoms with E-state index in [1.54, 1.807) is 44.4 Å². The lowest BCUT2D eigenvalue weighted by Gasteiger charge is -2.40. The van der Waals surface area contributed by atoms with Crippen molar-refractivity contribution < 1.29 is 22.8 Å². The lowest BCUT2D eigenvalue weighted by Crippen LogP contribution is -2.61. The van der Waals surface area contributed by atoms with Crippen molar-refractivity contribution in [3.05, 3.63) is 82.4 Å². The van der Waals surface area contributed by atoms with Gasteiger partial charge in [0.2, 0.25) is 21.8 Å². The molecule has 0 spiro atoms. The summed E-state index contributed by atoms with van der Waals surface area (Å²) in [4.78, 5) is 42.3. The van der Waals surface area contributed by atoms with Crippen LogP contribution < -0.4 is 15.4 Å². The van der Waals surface area contributed by atoms with Gasteiger partial charge in [0.05, 0.1) is 17.8 Å². The van der Waals surface area contributed by atoms with Gasteiger partial charge < -0.3 is 15.5 Å². The molecule has 1 unspecified atom stereocenters. The van der Waals surface area contributed by atoms with E-state index in [0.717, 1.165) is 5.56 Å². The Hall–Kier alpha value is -3.21. The molecule has 9 nitrogen and oxygen atoms in total. The van der Waals surface area contributed by atoms with Gasteiger partial charge in [-0.15, -0.1) is 0 Å². The van der Waals surface area contributed by atoms with Crippen LogP contribution >= 0.6 is 11.6 Å². The number of hydrogen-bond donors (Lipinski definition) is 3. The average molecular weight is 661 g/mol. The third kappa shape index (κ3) is 10.4. The van der Waals surface area contributed by atoms with Crippen LogP contribution in [0.2, 0.25) is 5.02 Å². The van der Waals surface area contributed by atoms with Crippen LogP contribution in [0.3, 0.4) is 0 Å². The van der Waals surface area contributed by atoms with E-state index in [1.807, 2.05) is 78.8 Å². The summed E-state index contributed by atoms with van der Waals surface area (Å²) in [5.41, 5.74) is 0.367. The van der Waals surface area contributed by atoms with Gasteiger partial charge in [0.25, 0.3) is 5.91 Å². The van der Waals surface area contributed by atoms with E-state index in [1.165, 1.54) is 11.8 Å². The van der Waals surface area contributed by atoms with Gasteiger partial charge in [-0.25, -0.2) is 13.1 Å². The Labute approximate surface area is 274 Å². The summed E-state index contributed by atoms with van der Waals surface area (Å²) in [6.07, 6.45) is 1.59. The monoisotopic (exact) mass is 660 g/mol. The molecule has 45 heavy (non-hydrogen) atoms. The molecule has 0 radical (unpaired) electrons. The molecule has 3 N–H and O–H groups in total. The molecule has 0 aromatic heterocycles. The van der Waals surface area contributed by atoms with Gasteiger partial charge in [0, 0.05) is 23.1 Å². The molecule has 0 aliphatic heterocycles. The number of sulfonamides is 1. The van der Waals surface area contributed by atoms with Gasteiger partial charge in [-0.05, 0) is 48.6 Å². The number of nitrogens with zero attached hydrogens (tertiary/aromatic N) is 1. The Morgan fingerprint density at radius 2 is 1.49 bits per heavy atom. The summed E-state index contributed by atoms with van der Waals surface area (Å²) < 4.78 is 27.5. The van der Waals surface area contributed by atoms with Gasteiger partial charge in [-0.2, -0.15) is 0 Å². The van der Waals surface area contributed by atoms with Crippen molar-refractivity contribution >= 4 is 39.3 Å². The maximum atomic E-state index is 14.1. The van der Waals surface area contributed by atoms with E-state index >= 15 is 0 Å². The fraction of sp³-hybridized carbons (Fsp3) is 0.500. The predicted molar refractivity (Wildman–Crippen MR) is 181 cm³/mol. The summed E-state index contributed by atoms with van der Waals surface area (Å²) >= 11 is 5.88. The van der Waals surface area contributed by atoms with Crippen molar-refractivity contribution in [2.45, 2.75) is 84.7 Å². The molecule has 0 heterocycles. The molecule has 3 amide bonds. The first-order valence-electron chi connectivity index (χ1n) is 15.0. The first-order chi connectivity index (χ1) is 20.7. The average Bonchev–Trinajstić information content (AvgIpc) is 2.94. The number of likely N-dealkylation sites (N-methyl/N-ethyl adjacent to an activating group) is 2. The zero-order chi connectivity index (χ0) is 34.3. The summed E-state index contributed by atoms with van der Waals surface area (Å²) in [6.45, 7) is 14.9. The molecule has 2 rings (SSSR count). The molecule has 11 heteroatoms. The van der Waals surface area contributed by atoms with Gasteiger partial charge in [-0.3, -0.25) is 14.4 Å². The quantitative estimate of drug-likeness (QED) is 0.265. The smallest absolute Gasteiger partial charge is 0.260 e. The second kappa shape index (κ2) is 15.4. The molecule has 248 valence electrons. The Bertz CT molecular complexity index is 1470. The summed E-state index contributed by atoms with van der Waals surface area (Å²) in [5.74, 6) is -1.95. The Morgan fingerprint density at radius 1 is 0.933 bits per heavy atom.